The molecule has 0 atom stereocenters. The van der Waals surface area contributed by atoms with Crippen molar-refractivity contribution in [3.63, 3.8) is 0 Å². The van der Waals surface area contributed by atoms with Gasteiger partial charge in [0.15, 0.2) is 0 Å². The van der Waals surface area contributed by atoms with Crippen LogP contribution in [0.2, 0.25) is 0 Å². The summed E-state index contributed by atoms with van der Waals surface area (Å²) < 4.78 is 0. The molecule has 0 aliphatic heterocycles. The van der Waals surface area contributed by atoms with E-state index in [1.807, 2.05) is 30.3 Å². The van der Waals surface area contributed by atoms with Gasteiger partial charge in [0.05, 0.1) is 5.56 Å². The van der Waals surface area contributed by atoms with Gasteiger partial charge in [-0.05, 0) is 5.56 Å². The highest BCUT2D eigenvalue weighted by Crippen LogP contribution is 2.06. The molecule has 1 amide bonds. The molecule has 0 spiro atoms. The third kappa shape index (κ3) is 2.87. The lowest BCUT2D eigenvalue weighted by Gasteiger charge is -2.16. The van der Waals surface area contributed by atoms with Gasteiger partial charge in [0.25, 0.3) is 5.91 Å². The van der Waals surface area contributed by atoms with Crippen molar-refractivity contribution in [1.29, 1.82) is 0 Å². The second-order valence-corrected chi connectivity index (χ2v) is 3.77. The van der Waals surface area contributed by atoms with Crippen molar-refractivity contribution in [3.05, 3.63) is 60.2 Å². The van der Waals surface area contributed by atoms with Crippen LogP contribution >= 0.6 is 0 Å². The average molecular weight is 227 g/mol. The van der Waals surface area contributed by atoms with Gasteiger partial charge >= 0.3 is 0 Å². The van der Waals surface area contributed by atoms with Gasteiger partial charge in [0.2, 0.25) is 0 Å². The van der Waals surface area contributed by atoms with E-state index in [2.05, 4.69) is 9.97 Å². The highest BCUT2D eigenvalue weighted by molar-refractivity contribution is 5.93. The molecule has 0 fully saturated rings. The molecule has 1 heterocycles. The Morgan fingerprint density at radius 1 is 1.18 bits per heavy atom. The molecule has 17 heavy (non-hydrogen) atoms. The fraction of sp³-hybridized carbons (Fsp3) is 0.154. The summed E-state index contributed by atoms with van der Waals surface area (Å²) in [7, 11) is 1.77. The van der Waals surface area contributed by atoms with Gasteiger partial charge in [-0.3, -0.25) is 4.79 Å². The van der Waals surface area contributed by atoms with Gasteiger partial charge in [-0.1, -0.05) is 30.3 Å². The number of nitrogens with zero attached hydrogens (tertiary/aromatic N) is 3. The molecular weight excluding hydrogens is 214 g/mol. The lowest BCUT2D eigenvalue weighted by Crippen LogP contribution is -2.26. The van der Waals surface area contributed by atoms with Crippen molar-refractivity contribution in [1.82, 2.24) is 14.9 Å². The summed E-state index contributed by atoms with van der Waals surface area (Å²) in [6.45, 7) is 0.578. The van der Waals surface area contributed by atoms with Crippen molar-refractivity contribution < 1.29 is 4.79 Å². The number of hydrogen-bond donors (Lipinski definition) is 0. The van der Waals surface area contributed by atoms with Gasteiger partial charge in [-0.2, -0.15) is 0 Å². The molecule has 2 aromatic rings. The number of carbonyl (C=O) groups excluding carboxylic acids is 1. The second-order valence-electron chi connectivity index (χ2n) is 3.77. The largest absolute Gasteiger partial charge is 0.337 e. The van der Waals surface area contributed by atoms with Crippen LogP contribution in [0, 0.1) is 0 Å². The van der Waals surface area contributed by atoms with Crippen LogP contribution in [-0.2, 0) is 6.54 Å². The lowest BCUT2D eigenvalue weighted by molar-refractivity contribution is 0.0784. The van der Waals surface area contributed by atoms with Gasteiger partial charge in [0, 0.05) is 26.0 Å². The molecular formula is C13H13N3O. The van der Waals surface area contributed by atoms with E-state index in [0.717, 1.165) is 5.56 Å². The van der Waals surface area contributed by atoms with E-state index in [4.69, 9.17) is 0 Å². The first kappa shape index (κ1) is 11.3. The van der Waals surface area contributed by atoms with E-state index in [9.17, 15) is 4.79 Å². The minimum Gasteiger partial charge on any atom is -0.337 e. The number of aromatic nitrogens is 2. The molecule has 0 N–H and O–H groups in total. The molecule has 86 valence electrons. The first-order valence-electron chi connectivity index (χ1n) is 5.32. The minimum atomic E-state index is -0.0746. The molecule has 2 rings (SSSR count). The van der Waals surface area contributed by atoms with Gasteiger partial charge in [-0.25, -0.2) is 9.97 Å². The summed E-state index contributed by atoms with van der Waals surface area (Å²) in [6, 6.07) is 9.85. The van der Waals surface area contributed by atoms with Crippen LogP contribution in [0.4, 0.5) is 0 Å². The Labute approximate surface area is 99.9 Å². The van der Waals surface area contributed by atoms with Crippen molar-refractivity contribution in [3.8, 4) is 0 Å². The zero-order valence-corrected chi connectivity index (χ0v) is 9.58. The fourth-order valence-corrected chi connectivity index (χ4v) is 1.56. The molecule has 1 aromatic carbocycles. The SMILES string of the molecule is CN(Cc1ccccc1)C(=O)c1cncnc1. The summed E-state index contributed by atoms with van der Waals surface area (Å²) in [5, 5.41) is 0. The Morgan fingerprint density at radius 2 is 1.82 bits per heavy atom. The molecule has 4 heteroatoms. The van der Waals surface area contributed by atoms with Crippen LogP contribution in [0.25, 0.3) is 0 Å². The summed E-state index contributed by atoms with van der Waals surface area (Å²) in [5.74, 6) is -0.0746. The predicted molar refractivity (Wildman–Crippen MR) is 64.3 cm³/mol. The first-order chi connectivity index (χ1) is 8.27. The van der Waals surface area contributed by atoms with E-state index in [0.29, 0.717) is 12.1 Å². The molecule has 1 aromatic heterocycles. The topological polar surface area (TPSA) is 46.1 Å². The summed E-state index contributed by atoms with van der Waals surface area (Å²) in [5.41, 5.74) is 1.60. The monoisotopic (exact) mass is 227 g/mol. The maximum atomic E-state index is 12.0. The van der Waals surface area contributed by atoms with Crippen LogP contribution < -0.4 is 0 Å². The zero-order valence-electron chi connectivity index (χ0n) is 9.58. The van der Waals surface area contributed by atoms with Crippen molar-refractivity contribution in [2.24, 2.45) is 0 Å². The second kappa shape index (κ2) is 5.21. The Bertz CT molecular complexity index is 485. The molecule has 0 saturated carbocycles. The van der Waals surface area contributed by atoms with Crippen LogP contribution in [0.5, 0.6) is 0 Å². The third-order valence-electron chi connectivity index (χ3n) is 2.42. The van der Waals surface area contributed by atoms with Gasteiger partial charge in [0.1, 0.15) is 6.33 Å². The fourth-order valence-electron chi connectivity index (χ4n) is 1.56. The molecule has 0 unspecified atom stereocenters. The normalized spacial score (nSPS) is 9.94. The third-order valence-corrected chi connectivity index (χ3v) is 2.42. The molecule has 0 radical (unpaired) electrons. The van der Waals surface area contributed by atoms with Crippen LogP contribution in [0.3, 0.4) is 0 Å². The van der Waals surface area contributed by atoms with Gasteiger partial charge in [-0.15, -0.1) is 0 Å². The summed E-state index contributed by atoms with van der Waals surface area (Å²) >= 11 is 0. The van der Waals surface area contributed by atoms with E-state index >= 15 is 0 Å². The first-order valence-corrected chi connectivity index (χ1v) is 5.32. The Balaban J connectivity index is 2.06. The van der Waals surface area contributed by atoms with E-state index in [1.165, 1.54) is 18.7 Å². The number of hydrogen-bond acceptors (Lipinski definition) is 3. The number of carbonyl (C=O) groups is 1. The number of benzene rings is 1. The van der Waals surface area contributed by atoms with E-state index < -0.39 is 0 Å². The number of amides is 1. The Hall–Kier alpha value is -2.23. The molecule has 0 bridgehead atoms. The number of rotatable bonds is 3. The van der Waals surface area contributed by atoms with Crippen molar-refractivity contribution in [2.75, 3.05) is 7.05 Å². The minimum absolute atomic E-state index is 0.0746. The molecule has 4 nitrogen and oxygen atoms in total. The lowest BCUT2D eigenvalue weighted by atomic mass is 10.2. The maximum Gasteiger partial charge on any atom is 0.257 e. The van der Waals surface area contributed by atoms with Crippen molar-refractivity contribution >= 4 is 5.91 Å². The highest BCUT2D eigenvalue weighted by atomic mass is 16.2. The van der Waals surface area contributed by atoms with Crippen LogP contribution in [0.1, 0.15) is 15.9 Å². The quantitative estimate of drug-likeness (QED) is 0.802. The average Bonchev–Trinajstić information content (AvgIpc) is 2.40. The summed E-state index contributed by atoms with van der Waals surface area (Å²) in [4.78, 5) is 21.3. The Morgan fingerprint density at radius 3 is 2.47 bits per heavy atom. The van der Waals surface area contributed by atoms with E-state index in [-0.39, 0.29) is 5.91 Å². The zero-order chi connectivity index (χ0) is 12.1. The molecule has 0 aliphatic carbocycles. The Kier molecular flexibility index (Phi) is 3.45. The summed E-state index contributed by atoms with van der Waals surface area (Å²) in [6.07, 6.45) is 4.46. The van der Waals surface area contributed by atoms with Crippen LogP contribution in [-0.4, -0.2) is 27.8 Å². The molecule has 0 aliphatic rings. The van der Waals surface area contributed by atoms with Crippen LogP contribution in [0.15, 0.2) is 49.1 Å². The molecule has 0 saturated heterocycles. The predicted octanol–water partition coefficient (Wildman–Crippen LogP) is 1.75. The smallest absolute Gasteiger partial charge is 0.257 e. The maximum absolute atomic E-state index is 12.0. The highest BCUT2D eigenvalue weighted by Gasteiger charge is 2.11. The van der Waals surface area contributed by atoms with Gasteiger partial charge < -0.3 is 4.90 Å². The van der Waals surface area contributed by atoms with E-state index in [1.54, 1.807) is 11.9 Å². The standard InChI is InChI=1S/C13H13N3O/c1-16(9-11-5-3-2-4-6-11)13(17)12-7-14-10-15-8-12/h2-8,10H,9H2,1H3. The van der Waals surface area contributed by atoms with Crippen molar-refractivity contribution in [2.45, 2.75) is 6.54 Å².